The zero-order valence-electron chi connectivity index (χ0n) is 16.1. The Morgan fingerprint density at radius 1 is 0.704 bits per heavy atom. The van der Waals surface area contributed by atoms with E-state index in [1.54, 1.807) is 0 Å². The van der Waals surface area contributed by atoms with Crippen LogP contribution in [0.4, 0.5) is 0 Å². The summed E-state index contributed by atoms with van der Waals surface area (Å²) in [5, 5.41) is 20.3. The molecule has 1 heteroatoms. The Bertz CT molecular complexity index is 1300. The summed E-state index contributed by atoms with van der Waals surface area (Å²) in [7, 11) is 0. The minimum atomic E-state index is 0.0705. The monoisotopic (exact) mass is 352 g/mol. The third kappa shape index (κ3) is 2.49. The molecule has 0 unspecified atom stereocenters. The van der Waals surface area contributed by atoms with E-state index < -0.39 is 0 Å². The van der Waals surface area contributed by atoms with E-state index in [2.05, 4.69) is 81.4 Å². The Hall–Kier alpha value is -2.64. The lowest BCUT2D eigenvalue weighted by Gasteiger charge is -2.21. The molecule has 0 fully saturated rings. The lowest BCUT2D eigenvalue weighted by atomic mass is 9.83. The molecule has 0 aliphatic rings. The summed E-state index contributed by atoms with van der Waals surface area (Å²) in [6.45, 7) is 6.91. The van der Waals surface area contributed by atoms with Crippen LogP contribution in [0.5, 0.6) is 0 Å². The van der Waals surface area contributed by atoms with E-state index >= 15 is 0 Å². The van der Waals surface area contributed by atoms with Gasteiger partial charge in [0.1, 0.15) is 0 Å². The molecule has 0 spiro atoms. The SMILES string of the molecule is CC(C)(C)Cc1cc2c(CO)ccc3c4cccc5cccc(c(c1)c23)c54. The summed E-state index contributed by atoms with van der Waals surface area (Å²) in [6, 6.07) is 22.1. The Labute approximate surface area is 159 Å². The Morgan fingerprint density at radius 3 is 2.00 bits per heavy atom. The average molecular weight is 352 g/mol. The predicted octanol–water partition coefficient (Wildman–Crippen LogP) is 6.82. The number of aliphatic hydroxyl groups is 1. The summed E-state index contributed by atoms with van der Waals surface area (Å²) in [4.78, 5) is 0. The van der Waals surface area contributed by atoms with Crippen LogP contribution in [0.25, 0.3) is 43.1 Å². The van der Waals surface area contributed by atoms with Gasteiger partial charge in [-0.1, -0.05) is 81.4 Å². The van der Waals surface area contributed by atoms with Crippen molar-refractivity contribution in [1.29, 1.82) is 0 Å². The Kier molecular flexibility index (Phi) is 3.47. The van der Waals surface area contributed by atoms with Gasteiger partial charge in [-0.05, 0) is 66.1 Å². The van der Waals surface area contributed by atoms with Gasteiger partial charge in [0.2, 0.25) is 0 Å². The Morgan fingerprint density at radius 2 is 1.33 bits per heavy atom. The first-order chi connectivity index (χ1) is 13.0. The van der Waals surface area contributed by atoms with Gasteiger partial charge < -0.3 is 5.11 Å². The lowest BCUT2D eigenvalue weighted by molar-refractivity contribution is 0.283. The van der Waals surface area contributed by atoms with E-state index in [1.165, 1.54) is 48.7 Å². The van der Waals surface area contributed by atoms with Crippen LogP contribution in [0.2, 0.25) is 0 Å². The molecule has 5 rings (SSSR count). The molecule has 0 radical (unpaired) electrons. The van der Waals surface area contributed by atoms with E-state index in [9.17, 15) is 5.11 Å². The van der Waals surface area contributed by atoms with Crippen LogP contribution in [-0.4, -0.2) is 5.11 Å². The highest BCUT2D eigenvalue weighted by Crippen LogP contribution is 2.42. The van der Waals surface area contributed by atoms with Gasteiger partial charge >= 0.3 is 0 Å². The van der Waals surface area contributed by atoms with Crippen LogP contribution in [0.15, 0.2) is 60.7 Å². The van der Waals surface area contributed by atoms with E-state index in [4.69, 9.17) is 0 Å². The van der Waals surface area contributed by atoms with Gasteiger partial charge in [-0.2, -0.15) is 0 Å². The molecule has 1 nitrogen and oxygen atoms in total. The van der Waals surface area contributed by atoms with E-state index in [0.717, 1.165) is 12.0 Å². The van der Waals surface area contributed by atoms with Crippen LogP contribution in [0.1, 0.15) is 31.9 Å². The molecule has 0 aromatic heterocycles. The second-order valence-corrected chi connectivity index (χ2v) is 8.94. The summed E-state index contributed by atoms with van der Waals surface area (Å²) in [5.41, 5.74) is 2.57. The van der Waals surface area contributed by atoms with Gasteiger partial charge in [-0.15, -0.1) is 0 Å². The number of hydrogen-bond donors (Lipinski definition) is 1. The largest absolute Gasteiger partial charge is 0.392 e. The predicted molar refractivity (Wildman–Crippen MR) is 117 cm³/mol. The molecule has 27 heavy (non-hydrogen) atoms. The normalized spacial score (nSPS) is 12.7. The maximum atomic E-state index is 9.98. The second kappa shape index (κ2) is 5.68. The smallest absolute Gasteiger partial charge is 0.0687 e. The zero-order valence-corrected chi connectivity index (χ0v) is 16.1. The number of rotatable bonds is 2. The molecule has 0 heterocycles. The van der Waals surface area contributed by atoms with Crippen molar-refractivity contribution < 1.29 is 5.11 Å². The van der Waals surface area contributed by atoms with Crippen LogP contribution in [0, 0.1) is 5.41 Å². The van der Waals surface area contributed by atoms with Crippen molar-refractivity contribution in [1.82, 2.24) is 0 Å². The summed E-state index contributed by atoms with van der Waals surface area (Å²) >= 11 is 0. The van der Waals surface area contributed by atoms with Crippen molar-refractivity contribution in [3.05, 3.63) is 71.8 Å². The minimum absolute atomic E-state index is 0.0705. The fourth-order valence-corrected chi connectivity index (χ4v) is 4.68. The van der Waals surface area contributed by atoms with Crippen LogP contribution in [0.3, 0.4) is 0 Å². The van der Waals surface area contributed by atoms with Crippen LogP contribution >= 0.6 is 0 Å². The standard InChI is InChI=1S/C26H24O/c1-26(2,3)14-16-12-22-18(15-27)10-11-21-19-8-4-6-17-7-5-9-20(24(17)19)23(13-16)25(21)22/h4-13,27H,14-15H2,1-3H3. The molecule has 0 atom stereocenters. The number of hydrogen-bond acceptors (Lipinski definition) is 1. The average Bonchev–Trinajstić information content (AvgIpc) is 2.64. The van der Waals surface area contributed by atoms with Crippen molar-refractivity contribution in [2.75, 3.05) is 0 Å². The number of fused-ring (bicyclic) bond motifs is 2. The van der Waals surface area contributed by atoms with Gasteiger partial charge in [-0.3, -0.25) is 0 Å². The van der Waals surface area contributed by atoms with Crippen molar-refractivity contribution >= 4 is 43.1 Å². The quantitative estimate of drug-likeness (QED) is 0.273. The summed E-state index contributed by atoms with van der Waals surface area (Å²) in [6.07, 6.45) is 1.02. The molecule has 134 valence electrons. The summed E-state index contributed by atoms with van der Waals surface area (Å²) in [5.74, 6) is 0. The first-order valence-electron chi connectivity index (χ1n) is 9.68. The topological polar surface area (TPSA) is 20.2 Å². The van der Waals surface area contributed by atoms with Crippen molar-refractivity contribution in [3.8, 4) is 0 Å². The van der Waals surface area contributed by atoms with E-state index in [0.29, 0.717) is 0 Å². The minimum Gasteiger partial charge on any atom is -0.392 e. The van der Waals surface area contributed by atoms with Gasteiger partial charge in [0.15, 0.2) is 0 Å². The highest BCUT2D eigenvalue weighted by atomic mass is 16.3. The molecular weight excluding hydrogens is 328 g/mol. The van der Waals surface area contributed by atoms with Gasteiger partial charge in [0.05, 0.1) is 6.61 Å². The molecule has 5 aromatic rings. The first-order valence-corrected chi connectivity index (χ1v) is 9.68. The van der Waals surface area contributed by atoms with Gasteiger partial charge in [-0.25, -0.2) is 0 Å². The summed E-state index contributed by atoms with van der Waals surface area (Å²) < 4.78 is 0. The molecule has 1 N–H and O–H groups in total. The molecule has 5 aromatic carbocycles. The van der Waals surface area contributed by atoms with Crippen LogP contribution in [-0.2, 0) is 13.0 Å². The number of benzene rings is 5. The zero-order chi connectivity index (χ0) is 18.8. The molecular formula is C26H24O. The molecule has 0 amide bonds. The highest BCUT2D eigenvalue weighted by molar-refractivity contribution is 6.33. The lowest BCUT2D eigenvalue weighted by Crippen LogP contribution is -2.09. The number of aliphatic hydroxyl groups excluding tert-OH is 1. The fourth-order valence-electron chi connectivity index (χ4n) is 4.68. The molecule has 0 aliphatic carbocycles. The van der Waals surface area contributed by atoms with E-state index in [-0.39, 0.29) is 12.0 Å². The maximum Gasteiger partial charge on any atom is 0.0687 e. The molecule has 0 saturated carbocycles. The van der Waals surface area contributed by atoms with Crippen molar-refractivity contribution in [2.45, 2.75) is 33.8 Å². The van der Waals surface area contributed by atoms with Crippen molar-refractivity contribution in [3.63, 3.8) is 0 Å². The first kappa shape index (κ1) is 16.5. The van der Waals surface area contributed by atoms with Crippen LogP contribution < -0.4 is 0 Å². The van der Waals surface area contributed by atoms with Gasteiger partial charge in [0, 0.05) is 0 Å². The van der Waals surface area contributed by atoms with Crippen molar-refractivity contribution in [2.24, 2.45) is 5.41 Å². The fraction of sp³-hybridized carbons (Fsp3) is 0.231. The van der Waals surface area contributed by atoms with E-state index in [1.807, 2.05) is 0 Å². The molecule has 0 bridgehead atoms. The second-order valence-electron chi connectivity index (χ2n) is 8.94. The third-order valence-electron chi connectivity index (χ3n) is 5.65. The maximum absolute atomic E-state index is 9.98. The third-order valence-corrected chi connectivity index (χ3v) is 5.65. The highest BCUT2D eigenvalue weighted by Gasteiger charge is 2.17. The van der Waals surface area contributed by atoms with Gasteiger partial charge in [0.25, 0.3) is 0 Å². The molecule has 0 saturated heterocycles. The Balaban J connectivity index is 2.05. The molecule has 0 aliphatic heterocycles.